The molecule has 1 aliphatic heterocycles. The Hall–Kier alpha value is -2.54. The summed E-state index contributed by atoms with van der Waals surface area (Å²) in [6.07, 6.45) is 3.28. The molecule has 1 saturated heterocycles. The van der Waals surface area contributed by atoms with Crippen LogP contribution in [-0.4, -0.2) is 38.3 Å². The fourth-order valence-corrected chi connectivity index (χ4v) is 4.89. The third-order valence-electron chi connectivity index (χ3n) is 7.19. The van der Waals surface area contributed by atoms with E-state index in [1.807, 2.05) is 11.6 Å². The summed E-state index contributed by atoms with van der Waals surface area (Å²) in [5, 5.41) is 14.0. The average molecular weight is 424 g/mol. The summed E-state index contributed by atoms with van der Waals surface area (Å²) in [4.78, 5) is 18.0. The molecule has 166 valence electrons. The predicted molar refractivity (Wildman–Crippen MR) is 122 cm³/mol. The zero-order valence-electron chi connectivity index (χ0n) is 19.6. The standard InChI is InChI=1S/C24H34N6O/c1-7-24(5,6)30-22(26-27-28-30)21(29-12-8-9-15(2)14-29)19-13-18-16(3)10-11-17(4)20(18)25-23(19)31/h10-11,13,15,21H,7-9,12,14H2,1-6H3,(H,25,31)/p+1/t15-,21+/m0/s1. The van der Waals surface area contributed by atoms with E-state index in [4.69, 9.17) is 0 Å². The number of aromatic amines is 1. The van der Waals surface area contributed by atoms with E-state index in [9.17, 15) is 4.79 Å². The first kappa shape index (κ1) is 21.7. The summed E-state index contributed by atoms with van der Waals surface area (Å²) in [5.41, 5.74) is 3.65. The van der Waals surface area contributed by atoms with E-state index in [2.05, 4.69) is 73.3 Å². The number of piperidine rings is 1. The van der Waals surface area contributed by atoms with Crippen LogP contribution >= 0.6 is 0 Å². The molecule has 1 aromatic carbocycles. The molecule has 0 bridgehead atoms. The van der Waals surface area contributed by atoms with Crippen molar-refractivity contribution in [1.29, 1.82) is 0 Å². The van der Waals surface area contributed by atoms with E-state index in [0.717, 1.165) is 59.3 Å². The number of pyridine rings is 1. The molecule has 7 heteroatoms. The number of aromatic nitrogens is 5. The van der Waals surface area contributed by atoms with E-state index in [1.165, 1.54) is 11.3 Å². The summed E-state index contributed by atoms with van der Waals surface area (Å²) >= 11 is 0. The Balaban J connectivity index is 1.95. The number of benzene rings is 1. The number of fused-ring (bicyclic) bond motifs is 1. The number of H-pyrrole nitrogens is 1. The maximum absolute atomic E-state index is 13.4. The normalized spacial score (nSPS) is 20.8. The van der Waals surface area contributed by atoms with E-state index in [0.29, 0.717) is 5.92 Å². The smallest absolute Gasteiger partial charge is 0.258 e. The molecule has 0 amide bonds. The van der Waals surface area contributed by atoms with Crippen LogP contribution in [-0.2, 0) is 5.54 Å². The topological polar surface area (TPSA) is 80.9 Å². The van der Waals surface area contributed by atoms with Crippen molar-refractivity contribution in [3.63, 3.8) is 0 Å². The number of hydrogen-bond donors (Lipinski definition) is 2. The van der Waals surface area contributed by atoms with Crippen molar-refractivity contribution < 1.29 is 4.90 Å². The highest BCUT2D eigenvalue weighted by molar-refractivity contribution is 5.85. The minimum Gasteiger partial charge on any atom is -0.322 e. The Labute approximate surface area is 183 Å². The number of aryl methyl sites for hydroxylation is 2. The largest absolute Gasteiger partial charge is 0.322 e. The molecule has 31 heavy (non-hydrogen) atoms. The molecule has 1 unspecified atom stereocenters. The SMILES string of the molecule is CCC(C)(C)n1nnnc1[C@@H](c1cc2c(C)ccc(C)c2[nH]c1=O)[NH+]1CCC[C@H](C)C1. The van der Waals surface area contributed by atoms with Gasteiger partial charge in [0.05, 0.1) is 29.7 Å². The summed E-state index contributed by atoms with van der Waals surface area (Å²) in [7, 11) is 0. The highest BCUT2D eigenvalue weighted by Gasteiger charge is 2.38. The van der Waals surface area contributed by atoms with Gasteiger partial charge in [-0.15, -0.1) is 5.10 Å². The quantitative estimate of drug-likeness (QED) is 0.661. The maximum Gasteiger partial charge on any atom is 0.258 e. The maximum atomic E-state index is 13.4. The van der Waals surface area contributed by atoms with Crippen molar-refractivity contribution in [3.8, 4) is 0 Å². The molecule has 0 radical (unpaired) electrons. The van der Waals surface area contributed by atoms with Crippen LogP contribution in [0.5, 0.6) is 0 Å². The van der Waals surface area contributed by atoms with E-state index in [-0.39, 0.29) is 17.1 Å². The zero-order valence-corrected chi connectivity index (χ0v) is 19.6. The van der Waals surface area contributed by atoms with Crippen LogP contribution in [0.25, 0.3) is 10.9 Å². The minimum absolute atomic E-state index is 0.0409. The Morgan fingerprint density at radius 2 is 2.03 bits per heavy atom. The molecular weight excluding hydrogens is 388 g/mol. The Morgan fingerprint density at radius 1 is 1.29 bits per heavy atom. The first-order valence-corrected chi connectivity index (χ1v) is 11.5. The van der Waals surface area contributed by atoms with Crippen LogP contribution in [0.2, 0.25) is 0 Å². The molecule has 2 aromatic heterocycles. The van der Waals surface area contributed by atoms with Gasteiger partial charge in [0.15, 0.2) is 6.04 Å². The summed E-state index contributed by atoms with van der Waals surface area (Å²) in [5.74, 6) is 1.39. The highest BCUT2D eigenvalue weighted by Crippen LogP contribution is 2.27. The van der Waals surface area contributed by atoms with E-state index < -0.39 is 0 Å². The fourth-order valence-electron chi connectivity index (χ4n) is 4.89. The third kappa shape index (κ3) is 3.91. The van der Waals surface area contributed by atoms with Gasteiger partial charge in [-0.25, -0.2) is 4.68 Å². The Bertz CT molecular complexity index is 1140. The van der Waals surface area contributed by atoms with Gasteiger partial charge in [0.1, 0.15) is 0 Å². The van der Waals surface area contributed by atoms with Crippen LogP contribution < -0.4 is 10.5 Å². The van der Waals surface area contributed by atoms with Gasteiger partial charge in [0, 0.05) is 11.3 Å². The fraction of sp³-hybridized carbons (Fsp3) is 0.583. The van der Waals surface area contributed by atoms with Gasteiger partial charge in [0.2, 0.25) is 5.82 Å². The first-order chi connectivity index (χ1) is 14.7. The van der Waals surface area contributed by atoms with E-state index >= 15 is 0 Å². The molecule has 3 aromatic rings. The second-order valence-corrected chi connectivity index (χ2v) is 9.95. The lowest BCUT2D eigenvalue weighted by Gasteiger charge is -2.35. The molecular formula is C24H35N6O+. The highest BCUT2D eigenvalue weighted by atomic mass is 16.1. The van der Waals surface area contributed by atoms with Crippen LogP contribution in [0.4, 0.5) is 0 Å². The minimum atomic E-state index is -0.228. The second-order valence-electron chi connectivity index (χ2n) is 9.95. The number of nitrogens with zero attached hydrogens (tertiary/aromatic N) is 4. The lowest BCUT2D eigenvalue weighted by Crippen LogP contribution is -3.14. The first-order valence-electron chi connectivity index (χ1n) is 11.5. The van der Waals surface area contributed by atoms with Gasteiger partial charge in [-0.05, 0) is 74.6 Å². The van der Waals surface area contributed by atoms with E-state index in [1.54, 1.807) is 0 Å². The number of likely N-dealkylation sites (tertiary alicyclic amines) is 1. The van der Waals surface area contributed by atoms with Crippen LogP contribution in [0.3, 0.4) is 0 Å². The average Bonchev–Trinajstić information content (AvgIpc) is 3.22. The lowest BCUT2D eigenvalue weighted by atomic mass is 9.94. The van der Waals surface area contributed by atoms with Gasteiger partial charge < -0.3 is 9.88 Å². The number of hydrogen-bond acceptors (Lipinski definition) is 4. The summed E-state index contributed by atoms with van der Waals surface area (Å²) in [6.45, 7) is 14.9. The molecule has 0 aliphatic carbocycles. The van der Waals surface area contributed by atoms with Crippen molar-refractivity contribution in [2.45, 2.75) is 72.4 Å². The molecule has 4 rings (SSSR count). The monoisotopic (exact) mass is 423 g/mol. The summed E-state index contributed by atoms with van der Waals surface area (Å²) < 4.78 is 1.94. The van der Waals surface area contributed by atoms with Gasteiger partial charge in [-0.3, -0.25) is 4.79 Å². The molecule has 0 saturated carbocycles. The Morgan fingerprint density at radius 3 is 2.74 bits per heavy atom. The molecule has 0 spiro atoms. The second kappa shape index (κ2) is 8.19. The van der Waals surface area contributed by atoms with Gasteiger partial charge >= 0.3 is 0 Å². The van der Waals surface area contributed by atoms with Crippen molar-refractivity contribution in [2.75, 3.05) is 13.1 Å². The number of quaternary nitrogens is 1. The molecule has 1 fully saturated rings. The van der Waals surface area contributed by atoms with Gasteiger partial charge in [-0.2, -0.15) is 0 Å². The zero-order chi connectivity index (χ0) is 22.3. The van der Waals surface area contributed by atoms with Gasteiger partial charge in [0.25, 0.3) is 5.56 Å². The van der Waals surface area contributed by atoms with Crippen molar-refractivity contribution in [3.05, 3.63) is 51.1 Å². The van der Waals surface area contributed by atoms with Crippen LogP contribution in [0.15, 0.2) is 23.0 Å². The lowest BCUT2D eigenvalue weighted by molar-refractivity contribution is -0.934. The van der Waals surface area contributed by atoms with Crippen molar-refractivity contribution in [1.82, 2.24) is 25.2 Å². The molecule has 3 atom stereocenters. The molecule has 1 aliphatic rings. The number of tetrazole rings is 1. The van der Waals surface area contributed by atoms with Crippen LogP contribution in [0, 0.1) is 19.8 Å². The summed E-state index contributed by atoms with van der Waals surface area (Å²) in [6, 6.07) is 6.07. The van der Waals surface area contributed by atoms with Crippen molar-refractivity contribution >= 4 is 10.9 Å². The number of nitrogens with one attached hydrogen (secondary N) is 2. The molecule has 3 heterocycles. The molecule has 7 nitrogen and oxygen atoms in total. The Kier molecular flexibility index (Phi) is 5.73. The van der Waals surface area contributed by atoms with Crippen molar-refractivity contribution in [2.24, 2.45) is 5.92 Å². The predicted octanol–water partition coefficient (Wildman–Crippen LogP) is 2.68. The number of rotatable bonds is 5. The van der Waals surface area contributed by atoms with Crippen LogP contribution in [0.1, 0.15) is 75.5 Å². The van der Waals surface area contributed by atoms with Gasteiger partial charge in [-0.1, -0.05) is 26.0 Å². The molecule has 2 N–H and O–H groups in total. The third-order valence-corrected chi connectivity index (χ3v) is 7.19.